The average molecular weight is 381 g/mol. The maximum Gasteiger partial charge on any atom is 0.312 e. The Morgan fingerprint density at radius 1 is 1.19 bits per heavy atom. The Hall–Kier alpha value is -1.43. The minimum atomic E-state index is -0.716. The monoisotopic (exact) mass is 380 g/mol. The molecular weight excluding hydrogens is 352 g/mol. The zero-order valence-electron chi connectivity index (χ0n) is 16.4. The Balaban J connectivity index is 2.14. The second-order valence-corrected chi connectivity index (χ2v) is 7.92. The van der Waals surface area contributed by atoms with Crippen LogP contribution < -0.4 is 0 Å². The van der Waals surface area contributed by atoms with E-state index in [4.69, 9.17) is 16.3 Å². The highest BCUT2D eigenvalue weighted by atomic mass is 35.5. The standard InChI is InChI=1S/C20H29ClN2O3/c1-14-10-16(21)11-15(2)18(14)12-17(24)13-20(19(25)26-5)6-8-23(9-7-20)22(3)4/h10-11H,6-9,12-13H2,1-5H3. The molecule has 0 aliphatic carbocycles. The average Bonchev–Trinajstić information content (AvgIpc) is 2.57. The quantitative estimate of drug-likeness (QED) is 0.709. The van der Waals surface area contributed by atoms with Gasteiger partial charge in [-0.15, -0.1) is 0 Å². The smallest absolute Gasteiger partial charge is 0.312 e. The summed E-state index contributed by atoms with van der Waals surface area (Å²) in [6.45, 7) is 5.42. The van der Waals surface area contributed by atoms with E-state index in [-0.39, 0.29) is 18.2 Å². The molecule has 0 radical (unpaired) electrons. The second kappa shape index (κ2) is 8.51. The third-order valence-corrected chi connectivity index (χ3v) is 5.67. The highest BCUT2D eigenvalue weighted by Gasteiger charge is 2.44. The Bertz CT molecular complexity index is 657. The van der Waals surface area contributed by atoms with Gasteiger partial charge in [0.1, 0.15) is 5.78 Å². The molecule has 0 bridgehead atoms. The van der Waals surface area contributed by atoms with Crippen LogP contribution in [0.1, 0.15) is 36.0 Å². The third kappa shape index (κ3) is 4.64. The van der Waals surface area contributed by atoms with E-state index < -0.39 is 5.41 Å². The predicted octanol–water partition coefficient (Wildman–Crippen LogP) is 3.19. The lowest BCUT2D eigenvalue weighted by Crippen LogP contribution is -2.50. The Morgan fingerprint density at radius 2 is 1.73 bits per heavy atom. The summed E-state index contributed by atoms with van der Waals surface area (Å²) in [4.78, 5) is 25.4. The number of esters is 1. The zero-order chi connectivity index (χ0) is 19.5. The van der Waals surface area contributed by atoms with Gasteiger partial charge in [0, 0.05) is 45.0 Å². The van der Waals surface area contributed by atoms with E-state index in [9.17, 15) is 9.59 Å². The maximum atomic E-state index is 12.8. The van der Waals surface area contributed by atoms with Gasteiger partial charge in [0.15, 0.2) is 0 Å². The van der Waals surface area contributed by atoms with Crippen LogP contribution >= 0.6 is 11.6 Å². The van der Waals surface area contributed by atoms with Gasteiger partial charge in [0.05, 0.1) is 12.5 Å². The lowest BCUT2D eigenvalue weighted by molar-refractivity contribution is -0.161. The summed E-state index contributed by atoms with van der Waals surface area (Å²) in [5.41, 5.74) is 2.31. The number of ketones is 1. The first kappa shape index (κ1) is 20.9. The fraction of sp³-hybridized carbons (Fsp3) is 0.600. The van der Waals surface area contributed by atoms with Crippen molar-refractivity contribution in [3.05, 3.63) is 33.8 Å². The van der Waals surface area contributed by atoms with Crippen molar-refractivity contribution >= 4 is 23.4 Å². The molecule has 5 nitrogen and oxygen atoms in total. The molecule has 26 heavy (non-hydrogen) atoms. The van der Waals surface area contributed by atoms with Gasteiger partial charge >= 0.3 is 5.97 Å². The van der Waals surface area contributed by atoms with Crippen molar-refractivity contribution in [1.82, 2.24) is 10.0 Å². The minimum Gasteiger partial charge on any atom is -0.469 e. The molecule has 144 valence electrons. The maximum absolute atomic E-state index is 12.8. The first-order chi connectivity index (χ1) is 12.2. The molecule has 1 heterocycles. The van der Waals surface area contributed by atoms with E-state index in [1.54, 1.807) is 0 Å². The highest BCUT2D eigenvalue weighted by molar-refractivity contribution is 6.30. The molecule has 1 aliphatic rings. The van der Waals surface area contributed by atoms with Gasteiger partial charge in [-0.25, -0.2) is 10.0 Å². The van der Waals surface area contributed by atoms with Crippen LogP contribution in [0.5, 0.6) is 0 Å². The molecule has 0 saturated carbocycles. The molecule has 1 aliphatic heterocycles. The van der Waals surface area contributed by atoms with Crippen LogP contribution in [0.25, 0.3) is 0 Å². The number of hydrogen-bond acceptors (Lipinski definition) is 5. The second-order valence-electron chi connectivity index (χ2n) is 7.48. The summed E-state index contributed by atoms with van der Waals surface area (Å²) < 4.78 is 5.06. The van der Waals surface area contributed by atoms with Crippen molar-refractivity contribution in [3.63, 3.8) is 0 Å². The summed E-state index contributed by atoms with van der Waals surface area (Å²) in [5, 5.41) is 4.89. The molecule has 0 atom stereocenters. The molecule has 1 aromatic rings. The fourth-order valence-electron chi connectivity index (χ4n) is 3.85. The number of nitrogens with zero attached hydrogens (tertiary/aromatic N) is 2. The number of carbonyl (C=O) groups is 2. The summed E-state index contributed by atoms with van der Waals surface area (Å²) in [5.74, 6) is -0.198. The van der Waals surface area contributed by atoms with E-state index in [2.05, 4.69) is 5.01 Å². The number of Topliss-reactive ketones (excluding diaryl/α,β-unsaturated/α-hetero) is 1. The van der Waals surface area contributed by atoms with Crippen LogP contribution in [0, 0.1) is 19.3 Å². The van der Waals surface area contributed by atoms with Crippen molar-refractivity contribution in [2.75, 3.05) is 34.3 Å². The van der Waals surface area contributed by atoms with E-state index in [0.29, 0.717) is 24.3 Å². The number of hydrazine groups is 1. The Kier molecular flexibility index (Phi) is 6.83. The lowest BCUT2D eigenvalue weighted by Gasteiger charge is -2.41. The van der Waals surface area contributed by atoms with Crippen LogP contribution in [0.15, 0.2) is 12.1 Å². The molecule has 0 N–H and O–H groups in total. The van der Waals surface area contributed by atoms with Crippen molar-refractivity contribution in [2.24, 2.45) is 5.41 Å². The van der Waals surface area contributed by atoms with Gasteiger partial charge in [-0.05, 0) is 55.5 Å². The van der Waals surface area contributed by atoms with Gasteiger partial charge < -0.3 is 4.74 Å². The van der Waals surface area contributed by atoms with Crippen molar-refractivity contribution < 1.29 is 14.3 Å². The van der Waals surface area contributed by atoms with Gasteiger partial charge in [0.25, 0.3) is 0 Å². The molecule has 2 rings (SSSR count). The predicted molar refractivity (Wildman–Crippen MR) is 103 cm³/mol. The lowest BCUT2D eigenvalue weighted by atomic mass is 9.74. The molecular formula is C20H29ClN2O3. The number of hydrogen-bond donors (Lipinski definition) is 0. The number of halogens is 1. The number of piperidine rings is 1. The van der Waals surface area contributed by atoms with Gasteiger partial charge in [-0.2, -0.15) is 0 Å². The number of aryl methyl sites for hydroxylation is 2. The van der Waals surface area contributed by atoms with E-state index in [1.807, 2.05) is 45.1 Å². The number of ether oxygens (including phenoxy) is 1. The first-order valence-electron chi connectivity index (χ1n) is 8.96. The Labute approximate surface area is 161 Å². The summed E-state index contributed by atoms with van der Waals surface area (Å²) in [7, 11) is 5.38. The van der Waals surface area contributed by atoms with Crippen LogP contribution in [-0.4, -0.2) is 56.1 Å². The molecule has 1 fully saturated rings. The van der Waals surface area contributed by atoms with Crippen LogP contribution in [-0.2, 0) is 20.7 Å². The van der Waals surface area contributed by atoms with Crippen molar-refractivity contribution in [1.29, 1.82) is 0 Å². The van der Waals surface area contributed by atoms with Crippen LogP contribution in [0.3, 0.4) is 0 Å². The Morgan fingerprint density at radius 3 is 2.19 bits per heavy atom. The summed E-state index contributed by atoms with van der Waals surface area (Å²) in [6.07, 6.45) is 1.80. The highest BCUT2D eigenvalue weighted by Crippen LogP contribution is 2.37. The van der Waals surface area contributed by atoms with Gasteiger partial charge in [0.2, 0.25) is 0 Å². The molecule has 1 aromatic carbocycles. The first-order valence-corrected chi connectivity index (χ1v) is 9.34. The molecule has 6 heteroatoms. The molecule has 0 amide bonds. The fourth-order valence-corrected chi connectivity index (χ4v) is 4.18. The number of rotatable bonds is 6. The normalized spacial score (nSPS) is 17.3. The number of benzene rings is 1. The van der Waals surface area contributed by atoms with Crippen LogP contribution in [0.2, 0.25) is 5.02 Å². The molecule has 0 unspecified atom stereocenters. The largest absolute Gasteiger partial charge is 0.469 e. The van der Waals surface area contributed by atoms with Crippen LogP contribution in [0.4, 0.5) is 0 Å². The van der Waals surface area contributed by atoms with E-state index in [1.165, 1.54) is 7.11 Å². The summed E-state index contributed by atoms with van der Waals surface area (Å²) >= 11 is 6.08. The molecule has 0 aromatic heterocycles. The van der Waals surface area contributed by atoms with Gasteiger partial charge in [-0.3, -0.25) is 9.59 Å². The zero-order valence-corrected chi connectivity index (χ0v) is 17.2. The topological polar surface area (TPSA) is 49.9 Å². The van der Waals surface area contributed by atoms with E-state index in [0.717, 1.165) is 29.8 Å². The third-order valence-electron chi connectivity index (χ3n) is 5.45. The number of carbonyl (C=O) groups excluding carboxylic acids is 2. The minimum absolute atomic E-state index is 0.0715. The van der Waals surface area contributed by atoms with Crippen molar-refractivity contribution in [2.45, 2.75) is 39.5 Å². The SMILES string of the molecule is COC(=O)C1(CC(=O)Cc2c(C)cc(Cl)cc2C)CCN(N(C)C)CC1. The van der Waals surface area contributed by atoms with Gasteiger partial charge in [-0.1, -0.05) is 11.6 Å². The molecule has 1 saturated heterocycles. The number of methoxy groups -OCH3 is 1. The van der Waals surface area contributed by atoms with E-state index >= 15 is 0 Å². The van der Waals surface area contributed by atoms with Crippen molar-refractivity contribution in [3.8, 4) is 0 Å². The summed E-state index contributed by atoms with van der Waals surface area (Å²) in [6, 6.07) is 3.76. The molecule has 0 spiro atoms.